The Morgan fingerprint density at radius 1 is 1.12 bits per heavy atom. The summed E-state index contributed by atoms with van der Waals surface area (Å²) in [6, 6.07) is 14.8. The number of aromatic nitrogens is 3. The molecule has 1 aromatic heterocycles. The van der Waals surface area contributed by atoms with Gasteiger partial charge in [-0.05, 0) is 36.8 Å². The maximum Gasteiger partial charge on any atom is 0.247 e. The number of fused-ring (bicyclic) bond motifs is 3. The quantitative estimate of drug-likeness (QED) is 0.668. The number of hydrogen-bond acceptors (Lipinski definition) is 7. The zero-order valence-electron chi connectivity index (χ0n) is 14.2. The third-order valence-corrected chi connectivity index (χ3v) is 5.01. The van der Waals surface area contributed by atoms with Crippen molar-refractivity contribution in [3.05, 3.63) is 54.1 Å². The van der Waals surface area contributed by atoms with E-state index < -0.39 is 6.23 Å². The number of hydrogen-bond donors (Lipinski definition) is 2. The smallest absolute Gasteiger partial charge is 0.247 e. The molecule has 3 aromatic rings. The molecule has 1 aliphatic heterocycles. The monoisotopic (exact) mass is 366 g/mol. The molecule has 0 spiro atoms. The molecule has 2 N–H and O–H groups in total. The number of nitrogens with one attached hydrogen (secondary N) is 1. The lowest BCUT2D eigenvalue weighted by Gasteiger charge is -2.19. The minimum Gasteiger partial charge on any atom is -0.508 e. The molecule has 1 atom stereocenters. The molecule has 2 aromatic carbocycles. The van der Waals surface area contributed by atoms with Gasteiger partial charge in [0.25, 0.3) is 0 Å². The number of phenolic OH excluding ortho intramolecular Hbond substituents is 1. The molecule has 7 heteroatoms. The standard InChI is InChI=1S/C19H18N4O2S/c1-2-11-26-19-21-18-16(22-23-19)14-5-3-4-6-15(14)20-17(25-18)12-7-9-13(24)10-8-12/h3-10,17,20,24H,2,11H2,1H3/t17-/m0/s1. The highest BCUT2D eigenvalue weighted by atomic mass is 32.2. The Morgan fingerprint density at radius 2 is 1.92 bits per heavy atom. The van der Waals surface area contributed by atoms with Gasteiger partial charge in [-0.2, -0.15) is 4.98 Å². The van der Waals surface area contributed by atoms with E-state index in [-0.39, 0.29) is 5.75 Å². The molecule has 0 amide bonds. The second-order valence-electron chi connectivity index (χ2n) is 5.88. The molecule has 0 saturated heterocycles. The van der Waals surface area contributed by atoms with Crippen molar-refractivity contribution in [3.63, 3.8) is 0 Å². The fourth-order valence-corrected chi connectivity index (χ4v) is 3.33. The lowest BCUT2D eigenvalue weighted by molar-refractivity contribution is 0.225. The summed E-state index contributed by atoms with van der Waals surface area (Å²) in [4.78, 5) is 4.58. The molecule has 0 bridgehead atoms. The third kappa shape index (κ3) is 3.30. The minimum absolute atomic E-state index is 0.213. The summed E-state index contributed by atoms with van der Waals surface area (Å²) in [5.74, 6) is 1.59. The molecule has 4 rings (SSSR count). The SMILES string of the molecule is CCCSc1nnc2c(n1)O[C@@H](c1ccc(O)cc1)Nc1ccccc1-2. The van der Waals surface area contributed by atoms with Crippen LogP contribution in [0.1, 0.15) is 25.1 Å². The molecule has 0 aliphatic carbocycles. The van der Waals surface area contributed by atoms with Gasteiger partial charge >= 0.3 is 0 Å². The summed E-state index contributed by atoms with van der Waals surface area (Å²) < 4.78 is 6.17. The van der Waals surface area contributed by atoms with Gasteiger partial charge in [0.2, 0.25) is 11.0 Å². The normalized spacial score (nSPS) is 15.2. The van der Waals surface area contributed by atoms with Gasteiger partial charge in [0.1, 0.15) is 5.75 Å². The Morgan fingerprint density at radius 3 is 2.73 bits per heavy atom. The molecule has 0 unspecified atom stereocenters. The van der Waals surface area contributed by atoms with Gasteiger partial charge in [0.15, 0.2) is 11.9 Å². The van der Waals surface area contributed by atoms with Crippen molar-refractivity contribution in [2.24, 2.45) is 0 Å². The van der Waals surface area contributed by atoms with Crippen LogP contribution in [0.25, 0.3) is 11.3 Å². The third-order valence-electron chi connectivity index (χ3n) is 3.96. The van der Waals surface area contributed by atoms with Gasteiger partial charge in [0.05, 0.1) is 0 Å². The van der Waals surface area contributed by atoms with E-state index in [4.69, 9.17) is 4.74 Å². The lowest BCUT2D eigenvalue weighted by atomic mass is 10.1. The van der Waals surface area contributed by atoms with Crippen molar-refractivity contribution >= 4 is 17.4 Å². The zero-order valence-corrected chi connectivity index (χ0v) is 15.0. The molecule has 0 radical (unpaired) electrons. The number of anilines is 1. The molecule has 0 fully saturated rings. The van der Waals surface area contributed by atoms with E-state index in [0.29, 0.717) is 16.7 Å². The van der Waals surface area contributed by atoms with E-state index in [1.807, 2.05) is 36.4 Å². The lowest BCUT2D eigenvalue weighted by Crippen LogP contribution is -2.17. The van der Waals surface area contributed by atoms with Crippen LogP contribution in [0.15, 0.2) is 53.7 Å². The average molecular weight is 366 g/mol. The van der Waals surface area contributed by atoms with Crippen LogP contribution in [-0.2, 0) is 0 Å². The largest absolute Gasteiger partial charge is 0.508 e. The van der Waals surface area contributed by atoms with Crippen LogP contribution in [-0.4, -0.2) is 26.0 Å². The summed E-state index contributed by atoms with van der Waals surface area (Å²) in [7, 11) is 0. The Hall–Kier alpha value is -2.80. The summed E-state index contributed by atoms with van der Waals surface area (Å²) in [6.07, 6.45) is 0.589. The van der Waals surface area contributed by atoms with Gasteiger partial charge < -0.3 is 15.2 Å². The number of ether oxygens (including phenoxy) is 1. The first-order valence-electron chi connectivity index (χ1n) is 8.43. The highest BCUT2D eigenvalue weighted by Gasteiger charge is 2.25. The molecule has 2 heterocycles. The molecular formula is C19H18N4O2S. The predicted octanol–water partition coefficient (Wildman–Crippen LogP) is 4.25. The number of nitrogens with zero attached hydrogens (tertiary/aromatic N) is 3. The first-order valence-corrected chi connectivity index (χ1v) is 9.42. The second kappa shape index (κ2) is 7.21. The van der Waals surface area contributed by atoms with Gasteiger partial charge in [0, 0.05) is 22.6 Å². The number of thioether (sulfide) groups is 1. The first-order chi connectivity index (χ1) is 12.7. The van der Waals surface area contributed by atoms with E-state index in [2.05, 4.69) is 27.4 Å². The Bertz CT molecular complexity index is 918. The van der Waals surface area contributed by atoms with E-state index in [0.717, 1.165) is 29.0 Å². The van der Waals surface area contributed by atoms with Gasteiger partial charge in [-0.3, -0.25) is 0 Å². The van der Waals surface area contributed by atoms with Crippen LogP contribution in [0.3, 0.4) is 0 Å². The van der Waals surface area contributed by atoms with Crippen molar-refractivity contribution in [1.29, 1.82) is 0 Å². The Labute approximate surface area is 155 Å². The van der Waals surface area contributed by atoms with E-state index >= 15 is 0 Å². The number of aromatic hydroxyl groups is 1. The summed E-state index contributed by atoms with van der Waals surface area (Å²) in [5, 5.41) is 22.2. The molecule has 26 heavy (non-hydrogen) atoms. The maximum atomic E-state index is 9.55. The highest BCUT2D eigenvalue weighted by molar-refractivity contribution is 7.99. The molecule has 6 nitrogen and oxygen atoms in total. The maximum absolute atomic E-state index is 9.55. The minimum atomic E-state index is -0.446. The number of para-hydroxylation sites is 1. The molecule has 0 saturated carbocycles. The van der Waals surface area contributed by atoms with Gasteiger partial charge in [-0.15, -0.1) is 10.2 Å². The van der Waals surface area contributed by atoms with Crippen LogP contribution >= 0.6 is 11.8 Å². The summed E-state index contributed by atoms with van der Waals surface area (Å²) >= 11 is 1.56. The summed E-state index contributed by atoms with van der Waals surface area (Å²) in [5.41, 5.74) is 3.30. The van der Waals surface area contributed by atoms with E-state index in [1.165, 1.54) is 0 Å². The fraction of sp³-hybridized carbons (Fsp3) is 0.211. The number of phenols is 1. The van der Waals surface area contributed by atoms with Crippen LogP contribution in [0.2, 0.25) is 0 Å². The topological polar surface area (TPSA) is 80.2 Å². The van der Waals surface area contributed by atoms with Gasteiger partial charge in [-0.1, -0.05) is 36.9 Å². The summed E-state index contributed by atoms with van der Waals surface area (Å²) in [6.45, 7) is 2.11. The van der Waals surface area contributed by atoms with E-state index in [1.54, 1.807) is 23.9 Å². The number of rotatable bonds is 4. The van der Waals surface area contributed by atoms with Crippen LogP contribution in [0, 0.1) is 0 Å². The molecular weight excluding hydrogens is 348 g/mol. The van der Waals surface area contributed by atoms with Gasteiger partial charge in [-0.25, -0.2) is 0 Å². The van der Waals surface area contributed by atoms with Crippen LogP contribution in [0.5, 0.6) is 11.6 Å². The fourth-order valence-electron chi connectivity index (χ4n) is 2.70. The zero-order chi connectivity index (χ0) is 17.9. The van der Waals surface area contributed by atoms with Crippen molar-refractivity contribution in [2.45, 2.75) is 24.7 Å². The van der Waals surface area contributed by atoms with Crippen molar-refractivity contribution in [2.75, 3.05) is 11.1 Å². The predicted molar refractivity (Wildman–Crippen MR) is 101 cm³/mol. The van der Waals surface area contributed by atoms with E-state index in [9.17, 15) is 5.11 Å². The molecule has 1 aliphatic rings. The number of benzene rings is 2. The Balaban J connectivity index is 1.78. The first kappa shape index (κ1) is 16.7. The van der Waals surface area contributed by atoms with Crippen molar-refractivity contribution < 1.29 is 9.84 Å². The highest BCUT2D eigenvalue weighted by Crippen LogP contribution is 2.39. The van der Waals surface area contributed by atoms with Crippen LogP contribution in [0.4, 0.5) is 5.69 Å². The average Bonchev–Trinajstić information content (AvgIpc) is 2.83. The Kier molecular flexibility index (Phi) is 4.62. The molecule has 132 valence electrons. The van der Waals surface area contributed by atoms with Crippen LogP contribution < -0.4 is 10.1 Å². The van der Waals surface area contributed by atoms with Crippen molar-refractivity contribution in [3.8, 4) is 22.9 Å². The second-order valence-corrected chi connectivity index (χ2v) is 6.94. The van der Waals surface area contributed by atoms with Crippen molar-refractivity contribution in [1.82, 2.24) is 15.2 Å².